The average Bonchev–Trinajstić information content (AvgIpc) is 2.56. The highest BCUT2D eigenvalue weighted by Crippen LogP contribution is 2.37. The first kappa shape index (κ1) is 8.07. The lowest BCUT2D eigenvalue weighted by Crippen LogP contribution is -1.67. The summed E-state index contributed by atoms with van der Waals surface area (Å²) in [6.45, 7) is 0. The van der Waals surface area contributed by atoms with Crippen LogP contribution in [-0.2, 0) is 0 Å². The topological polar surface area (TPSA) is 57.5 Å². The van der Waals surface area contributed by atoms with E-state index in [9.17, 15) is 15.0 Å². The van der Waals surface area contributed by atoms with Gasteiger partial charge in [-0.2, -0.15) is 0 Å². The van der Waals surface area contributed by atoms with Crippen LogP contribution in [0.1, 0.15) is 9.67 Å². The van der Waals surface area contributed by atoms with E-state index in [2.05, 4.69) is 0 Å². The number of carbonyl (C=O) groups is 1. The first-order valence-electron chi connectivity index (χ1n) is 3.62. The van der Waals surface area contributed by atoms with Crippen LogP contribution < -0.4 is 0 Å². The minimum atomic E-state index is 0.0807. The van der Waals surface area contributed by atoms with Crippen LogP contribution in [0.5, 0.6) is 11.5 Å². The normalized spacial score (nSPS) is 10.5. The molecule has 0 atom stereocenters. The number of carbonyl (C=O) groups excluding carboxylic acids is 1. The van der Waals surface area contributed by atoms with E-state index in [-0.39, 0.29) is 11.5 Å². The summed E-state index contributed by atoms with van der Waals surface area (Å²) in [7, 11) is 0. The Kier molecular flexibility index (Phi) is 1.70. The minimum absolute atomic E-state index is 0.0807. The Balaban J connectivity index is 2.87. The second-order valence-corrected chi connectivity index (χ2v) is 3.70. The first-order valence-corrected chi connectivity index (χ1v) is 4.43. The Morgan fingerprint density at radius 2 is 1.92 bits per heavy atom. The molecule has 0 aliphatic carbocycles. The van der Waals surface area contributed by atoms with Crippen LogP contribution >= 0.6 is 11.3 Å². The molecule has 4 heteroatoms. The molecular weight excluding hydrogens is 188 g/mol. The van der Waals surface area contributed by atoms with Crippen LogP contribution in [0.4, 0.5) is 0 Å². The standard InChI is InChI=1S/C9H6O3S/c10-4-5-3-6-7(11)1-2-8(12)9(6)13-5/h1-4,11-12H. The van der Waals surface area contributed by atoms with Gasteiger partial charge in [0.2, 0.25) is 0 Å². The van der Waals surface area contributed by atoms with Gasteiger partial charge < -0.3 is 10.2 Å². The van der Waals surface area contributed by atoms with Gasteiger partial charge in [0.1, 0.15) is 11.5 Å². The SMILES string of the molecule is O=Cc1cc2c(O)ccc(O)c2s1. The van der Waals surface area contributed by atoms with Crippen LogP contribution in [0.2, 0.25) is 0 Å². The fraction of sp³-hybridized carbons (Fsp3) is 0. The fourth-order valence-corrected chi connectivity index (χ4v) is 2.08. The van der Waals surface area contributed by atoms with Crippen molar-refractivity contribution in [3.8, 4) is 11.5 Å². The third kappa shape index (κ3) is 1.15. The number of hydrogen-bond donors (Lipinski definition) is 2. The molecule has 1 aromatic heterocycles. The zero-order valence-electron chi connectivity index (χ0n) is 6.52. The van der Waals surface area contributed by atoms with E-state index in [4.69, 9.17) is 0 Å². The second-order valence-electron chi connectivity index (χ2n) is 2.61. The number of benzene rings is 1. The van der Waals surface area contributed by atoms with Crippen LogP contribution in [0.3, 0.4) is 0 Å². The molecule has 0 saturated heterocycles. The van der Waals surface area contributed by atoms with E-state index < -0.39 is 0 Å². The van der Waals surface area contributed by atoms with E-state index in [1.807, 2.05) is 0 Å². The van der Waals surface area contributed by atoms with Crippen molar-refractivity contribution in [3.05, 3.63) is 23.1 Å². The molecule has 1 heterocycles. The van der Waals surface area contributed by atoms with E-state index in [1.54, 1.807) is 6.07 Å². The summed E-state index contributed by atoms with van der Waals surface area (Å²) < 4.78 is 0.544. The number of thiophene rings is 1. The molecule has 3 nitrogen and oxygen atoms in total. The highest BCUT2D eigenvalue weighted by Gasteiger charge is 2.08. The van der Waals surface area contributed by atoms with Crippen molar-refractivity contribution in [1.82, 2.24) is 0 Å². The van der Waals surface area contributed by atoms with Gasteiger partial charge in [-0.1, -0.05) is 0 Å². The van der Waals surface area contributed by atoms with Crippen LogP contribution in [0.25, 0.3) is 10.1 Å². The van der Waals surface area contributed by atoms with Crippen LogP contribution in [-0.4, -0.2) is 16.5 Å². The molecule has 0 unspecified atom stereocenters. The van der Waals surface area contributed by atoms with Gasteiger partial charge in [-0.05, 0) is 18.2 Å². The monoisotopic (exact) mass is 194 g/mol. The molecule has 0 fully saturated rings. The molecule has 13 heavy (non-hydrogen) atoms. The van der Waals surface area contributed by atoms with Gasteiger partial charge >= 0.3 is 0 Å². The predicted octanol–water partition coefficient (Wildman–Crippen LogP) is 2.13. The Bertz CT molecular complexity index is 434. The molecule has 0 radical (unpaired) electrons. The summed E-state index contributed by atoms with van der Waals surface area (Å²) in [6.07, 6.45) is 0.698. The van der Waals surface area contributed by atoms with Crippen molar-refractivity contribution in [2.75, 3.05) is 0 Å². The third-order valence-corrected chi connectivity index (χ3v) is 2.86. The highest BCUT2D eigenvalue weighted by atomic mass is 32.1. The van der Waals surface area contributed by atoms with E-state index >= 15 is 0 Å². The van der Waals surface area contributed by atoms with Gasteiger partial charge in [0.25, 0.3) is 0 Å². The van der Waals surface area contributed by atoms with Crippen LogP contribution in [0.15, 0.2) is 18.2 Å². The maximum atomic E-state index is 10.4. The Morgan fingerprint density at radius 1 is 1.23 bits per heavy atom. The molecule has 0 aliphatic heterocycles. The van der Waals surface area contributed by atoms with Gasteiger partial charge in [-0.25, -0.2) is 0 Å². The summed E-state index contributed by atoms with van der Waals surface area (Å²) in [5.74, 6) is 0.169. The van der Waals surface area contributed by atoms with Gasteiger partial charge in [-0.3, -0.25) is 4.79 Å². The molecule has 1 aromatic carbocycles. The highest BCUT2D eigenvalue weighted by molar-refractivity contribution is 7.20. The van der Waals surface area contributed by atoms with Gasteiger partial charge in [0, 0.05) is 5.39 Å². The van der Waals surface area contributed by atoms with Gasteiger partial charge in [0.05, 0.1) is 9.58 Å². The van der Waals surface area contributed by atoms with E-state index in [0.717, 1.165) is 11.3 Å². The summed E-state index contributed by atoms with van der Waals surface area (Å²) >= 11 is 1.16. The molecule has 0 aliphatic rings. The lowest BCUT2D eigenvalue weighted by molar-refractivity contribution is 0.112. The molecule has 0 amide bonds. The molecule has 2 aromatic rings. The molecule has 0 spiro atoms. The number of phenolic OH excluding ortho intramolecular Hbond substituents is 2. The number of aldehydes is 1. The smallest absolute Gasteiger partial charge is 0.160 e. The summed E-state index contributed by atoms with van der Waals surface area (Å²) in [6, 6.07) is 4.36. The molecule has 2 rings (SSSR count). The second kappa shape index (κ2) is 2.74. The number of hydrogen-bond acceptors (Lipinski definition) is 4. The summed E-state index contributed by atoms with van der Waals surface area (Å²) in [4.78, 5) is 10.9. The zero-order chi connectivity index (χ0) is 9.42. The average molecular weight is 194 g/mol. The quantitative estimate of drug-likeness (QED) is 0.540. The maximum Gasteiger partial charge on any atom is 0.160 e. The number of rotatable bonds is 1. The van der Waals surface area contributed by atoms with Crippen molar-refractivity contribution < 1.29 is 15.0 Å². The maximum absolute atomic E-state index is 10.4. The van der Waals surface area contributed by atoms with Crippen molar-refractivity contribution >= 4 is 27.7 Å². The Hall–Kier alpha value is -1.55. The van der Waals surface area contributed by atoms with Crippen molar-refractivity contribution in [1.29, 1.82) is 0 Å². The lowest BCUT2D eigenvalue weighted by atomic mass is 10.2. The summed E-state index contributed by atoms with van der Waals surface area (Å²) in [5, 5.41) is 19.3. The van der Waals surface area contributed by atoms with E-state index in [1.165, 1.54) is 12.1 Å². The molecule has 0 bridgehead atoms. The van der Waals surface area contributed by atoms with Crippen LogP contribution in [0, 0.1) is 0 Å². The number of phenols is 2. The number of fused-ring (bicyclic) bond motifs is 1. The largest absolute Gasteiger partial charge is 0.507 e. The minimum Gasteiger partial charge on any atom is -0.507 e. The predicted molar refractivity (Wildman–Crippen MR) is 50.5 cm³/mol. The Morgan fingerprint density at radius 3 is 2.54 bits per heavy atom. The molecule has 66 valence electrons. The third-order valence-electron chi connectivity index (χ3n) is 1.77. The van der Waals surface area contributed by atoms with Gasteiger partial charge in [0.15, 0.2) is 6.29 Å². The lowest BCUT2D eigenvalue weighted by Gasteiger charge is -1.95. The number of aromatic hydroxyl groups is 2. The van der Waals surface area contributed by atoms with Crippen molar-refractivity contribution in [2.24, 2.45) is 0 Å². The molecule has 0 saturated carbocycles. The fourth-order valence-electron chi connectivity index (χ4n) is 1.17. The Labute approximate surface area is 77.9 Å². The first-order chi connectivity index (χ1) is 6.22. The molecule has 2 N–H and O–H groups in total. The van der Waals surface area contributed by atoms with E-state index in [0.29, 0.717) is 21.2 Å². The zero-order valence-corrected chi connectivity index (χ0v) is 7.34. The summed E-state index contributed by atoms with van der Waals surface area (Å²) in [5.41, 5.74) is 0. The van der Waals surface area contributed by atoms with Gasteiger partial charge in [-0.15, -0.1) is 11.3 Å². The molecular formula is C9H6O3S. The van der Waals surface area contributed by atoms with Crippen molar-refractivity contribution in [3.63, 3.8) is 0 Å². The van der Waals surface area contributed by atoms with Crippen molar-refractivity contribution in [2.45, 2.75) is 0 Å².